The second kappa shape index (κ2) is 48.6. The second-order valence-electron chi connectivity index (χ2n) is 21.1. The molecule has 0 aromatic heterocycles. The van der Waals surface area contributed by atoms with Gasteiger partial charge in [-0.25, -0.2) is 0 Å². The molecule has 1 amide bonds. The number of aliphatic hydroxyl groups excluding tert-OH is 8. The highest BCUT2D eigenvalue weighted by atomic mass is 16.7. The lowest BCUT2D eigenvalue weighted by molar-refractivity contribution is -0.359. The molecule has 14 nitrogen and oxygen atoms in total. The van der Waals surface area contributed by atoms with E-state index in [1.807, 2.05) is 6.08 Å². The van der Waals surface area contributed by atoms with Crippen molar-refractivity contribution in [3.05, 3.63) is 97.2 Å². The SMILES string of the molecule is CC/C=C\C/C=C\C/C=C\C/C=C\C/C=C\C/C=C\CCCCCCCCCCCCCCCCCCCCC(=O)NC(COC1OC(CO)C(OC2OC(CO)C(O)C(O)C2O)C(O)C1O)C(O)/C=C/CC/C=C/CCC. The molecule has 2 heterocycles. The van der Waals surface area contributed by atoms with Crippen LogP contribution >= 0.6 is 0 Å². The average Bonchev–Trinajstić information content (AvgIpc) is 3.47. The maximum absolute atomic E-state index is 13.2. The van der Waals surface area contributed by atoms with Crippen LogP contribution < -0.4 is 5.32 Å². The van der Waals surface area contributed by atoms with Crippen molar-refractivity contribution in [2.75, 3.05) is 19.8 Å². The van der Waals surface area contributed by atoms with Crippen LogP contribution in [-0.4, -0.2) is 140 Å². The van der Waals surface area contributed by atoms with Crippen LogP contribution in [0.15, 0.2) is 97.2 Å². The normalized spacial score (nSPS) is 25.3. The van der Waals surface area contributed by atoms with Crippen molar-refractivity contribution in [2.24, 2.45) is 0 Å². The number of rotatable bonds is 47. The molecule has 448 valence electrons. The van der Waals surface area contributed by atoms with E-state index < -0.39 is 86.8 Å². The lowest BCUT2D eigenvalue weighted by Gasteiger charge is -2.46. The van der Waals surface area contributed by atoms with Crippen LogP contribution in [0, 0.1) is 0 Å². The van der Waals surface area contributed by atoms with Gasteiger partial charge in [0.25, 0.3) is 0 Å². The summed E-state index contributed by atoms with van der Waals surface area (Å²) in [5, 5.41) is 86.6. The molecule has 2 fully saturated rings. The molecule has 0 radical (unpaired) electrons. The van der Waals surface area contributed by atoms with Gasteiger partial charge < -0.3 is 65.1 Å². The summed E-state index contributed by atoms with van der Waals surface area (Å²) in [6.07, 6.45) is 51.0. The van der Waals surface area contributed by atoms with E-state index in [0.29, 0.717) is 12.8 Å². The molecule has 2 saturated heterocycles. The minimum absolute atomic E-state index is 0.256. The van der Waals surface area contributed by atoms with Crippen molar-refractivity contribution in [3.63, 3.8) is 0 Å². The molecule has 2 rings (SSSR count). The van der Waals surface area contributed by atoms with E-state index in [1.54, 1.807) is 6.08 Å². The number of carbonyl (C=O) groups is 1. The third-order valence-electron chi connectivity index (χ3n) is 14.2. The number of hydrogen-bond acceptors (Lipinski definition) is 13. The quantitative estimate of drug-likeness (QED) is 0.0204. The lowest BCUT2D eigenvalue weighted by atomic mass is 9.97. The zero-order valence-electron chi connectivity index (χ0n) is 48.1. The van der Waals surface area contributed by atoms with Gasteiger partial charge in [-0.15, -0.1) is 0 Å². The van der Waals surface area contributed by atoms with Gasteiger partial charge in [0.15, 0.2) is 12.6 Å². The zero-order valence-corrected chi connectivity index (χ0v) is 48.1. The van der Waals surface area contributed by atoms with Gasteiger partial charge in [-0.05, 0) is 77.0 Å². The molecular formula is C64H109NO13. The Hall–Kier alpha value is -3.09. The molecular weight excluding hydrogens is 991 g/mol. The first-order valence-corrected chi connectivity index (χ1v) is 30.5. The van der Waals surface area contributed by atoms with Crippen molar-refractivity contribution >= 4 is 5.91 Å². The van der Waals surface area contributed by atoms with Gasteiger partial charge in [0.1, 0.15) is 48.8 Å². The number of nitrogens with one attached hydrogen (secondary N) is 1. The van der Waals surface area contributed by atoms with Crippen molar-refractivity contribution in [1.29, 1.82) is 0 Å². The second-order valence-corrected chi connectivity index (χ2v) is 21.1. The Kier molecular flexibility index (Phi) is 44.3. The molecule has 12 atom stereocenters. The van der Waals surface area contributed by atoms with E-state index in [9.17, 15) is 45.6 Å². The Morgan fingerprint density at radius 1 is 0.474 bits per heavy atom. The topological polar surface area (TPSA) is 228 Å². The molecule has 9 N–H and O–H groups in total. The number of hydrogen-bond donors (Lipinski definition) is 9. The minimum atomic E-state index is -1.79. The van der Waals surface area contributed by atoms with E-state index in [-0.39, 0.29) is 18.9 Å². The molecule has 14 heteroatoms. The Balaban J connectivity index is 1.54. The molecule has 0 aliphatic carbocycles. The number of unbranched alkanes of at least 4 members (excludes halogenated alkanes) is 20. The van der Waals surface area contributed by atoms with Gasteiger partial charge in [0.2, 0.25) is 5.91 Å². The molecule has 2 aliphatic heterocycles. The van der Waals surface area contributed by atoms with Gasteiger partial charge in [-0.3, -0.25) is 4.79 Å². The summed E-state index contributed by atoms with van der Waals surface area (Å²) >= 11 is 0. The number of amides is 1. The molecule has 0 aromatic carbocycles. The summed E-state index contributed by atoms with van der Waals surface area (Å²) in [5.41, 5.74) is 0. The van der Waals surface area contributed by atoms with E-state index in [2.05, 4.69) is 104 Å². The number of allylic oxidation sites excluding steroid dienone is 15. The first kappa shape index (κ1) is 71.0. The predicted molar refractivity (Wildman–Crippen MR) is 313 cm³/mol. The van der Waals surface area contributed by atoms with Crippen LogP contribution in [0.2, 0.25) is 0 Å². The highest BCUT2D eigenvalue weighted by molar-refractivity contribution is 5.76. The van der Waals surface area contributed by atoms with Crippen molar-refractivity contribution in [1.82, 2.24) is 5.32 Å². The molecule has 0 spiro atoms. The lowest BCUT2D eigenvalue weighted by Crippen LogP contribution is -2.65. The fraction of sp³-hybridized carbons (Fsp3) is 0.734. The van der Waals surface area contributed by atoms with Crippen LogP contribution in [0.25, 0.3) is 0 Å². The summed E-state index contributed by atoms with van der Waals surface area (Å²) < 4.78 is 22.6. The Morgan fingerprint density at radius 3 is 1.40 bits per heavy atom. The molecule has 78 heavy (non-hydrogen) atoms. The van der Waals surface area contributed by atoms with Gasteiger partial charge >= 0.3 is 0 Å². The summed E-state index contributed by atoms with van der Waals surface area (Å²) in [6.45, 7) is 2.53. The number of ether oxygens (including phenoxy) is 4. The van der Waals surface area contributed by atoms with E-state index in [1.165, 1.54) is 96.3 Å². The average molecular weight is 1100 g/mol. The largest absolute Gasteiger partial charge is 0.394 e. The van der Waals surface area contributed by atoms with Crippen LogP contribution in [0.3, 0.4) is 0 Å². The van der Waals surface area contributed by atoms with Gasteiger partial charge in [-0.2, -0.15) is 0 Å². The fourth-order valence-corrected chi connectivity index (χ4v) is 9.38. The molecule has 12 unspecified atom stereocenters. The third kappa shape index (κ3) is 33.6. The summed E-state index contributed by atoms with van der Waals surface area (Å²) in [6, 6.07) is -0.932. The van der Waals surface area contributed by atoms with Crippen LogP contribution in [-0.2, 0) is 23.7 Å². The Morgan fingerprint density at radius 2 is 0.897 bits per heavy atom. The predicted octanol–water partition coefficient (Wildman–Crippen LogP) is 10.7. The standard InChI is InChI=1S/C64H109NO13/c1-3-5-7-9-11-12-13-14-15-16-17-18-19-20-21-22-23-24-25-26-27-28-29-30-31-32-33-34-35-36-37-38-39-40-42-44-46-48-56(69)65-52(53(68)47-45-43-41-10-8-6-4-2)51-75-63-61(74)59(72)62(55(50-67)77-63)78-64-60(73)58(71)57(70)54(49-66)76-64/h5,7-8,10-12,14-15,17-18,20-21,23-24,45,47,52-55,57-64,66-68,70-74H,3-4,6,9,13,16,19,22,25-44,46,48-51H2,1-2H3,(H,65,69)/b7-5-,10-8+,12-11-,15-14-,18-17-,21-20-,24-23-,47-45+. The molecule has 0 bridgehead atoms. The fourth-order valence-electron chi connectivity index (χ4n) is 9.38. The highest BCUT2D eigenvalue weighted by Crippen LogP contribution is 2.30. The number of aliphatic hydroxyl groups is 8. The minimum Gasteiger partial charge on any atom is -0.394 e. The Labute approximate surface area is 471 Å². The van der Waals surface area contributed by atoms with E-state index in [0.717, 1.165) is 77.0 Å². The van der Waals surface area contributed by atoms with Gasteiger partial charge in [0, 0.05) is 6.42 Å². The van der Waals surface area contributed by atoms with Crippen molar-refractivity contribution in [2.45, 2.75) is 280 Å². The summed E-state index contributed by atoms with van der Waals surface area (Å²) in [7, 11) is 0. The monoisotopic (exact) mass is 1100 g/mol. The van der Waals surface area contributed by atoms with Crippen molar-refractivity contribution < 1.29 is 64.6 Å². The van der Waals surface area contributed by atoms with E-state index >= 15 is 0 Å². The maximum Gasteiger partial charge on any atom is 0.220 e. The third-order valence-corrected chi connectivity index (χ3v) is 14.2. The molecule has 0 saturated carbocycles. The van der Waals surface area contributed by atoms with Crippen LogP contribution in [0.1, 0.15) is 206 Å². The maximum atomic E-state index is 13.2. The summed E-state index contributed by atoms with van der Waals surface area (Å²) in [5.74, 6) is -0.256. The van der Waals surface area contributed by atoms with Gasteiger partial charge in [0.05, 0.1) is 32.0 Å². The summed E-state index contributed by atoms with van der Waals surface area (Å²) in [4.78, 5) is 13.2. The first-order chi connectivity index (χ1) is 38.1. The highest BCUT2D eigenvalue weighted by Gasteiger charge is 2.51. The van der Waals surface area contributed by atoms with E-state index in [4.69, 9.17) is 18.9 Å². The zero-order chi connectivity index (χ0) is 56.7. The van der Waals surface area contributed by atoms with Crippen molar-refractivity contribution in [3.8, 4) is 0 Å². The van der Waals surface area contributed by atoms with Crippen LogP contribution in [0.4, 0.5) is 0 Å². The Bertz CT molecular complexity index is 1680. The van der Waals surface area contributed by atoms with Crippen LogP contribution in [0.5, 0.6) is 0 Å². The number of carbonyl (C=O) groups excluding carboxylic acids is 1. The smallest absolute Gasteiger partial charge is 0.220 e. The first-order valence-electron chi connectivity index (χ1n) is 30.5. The molecule has 2 aliphatic rings. The van der Waals surface area contributed by atoms with Gasteiger partial charge in [-0.1, -0.05) is 220 Å². The molecule has 0 aromatic rings.